The van der Waals surface area contributed by atoms with Crippen molar-refractivity contribution in [1.82, 2.24) is 10.3 Å². The minimum Gasteiger partial charge on any atom is -0.396 e. The Bertz CT molecular complexity index is 369. The number of hydrogen-bond acceptors (Lipinski definition) is 5. The van der Waals surface area contributed by atoms with Gasteiger partial charge in [0.2, 0.25) is 5.91 Å². The molecule has 0 aliphatic carbocycles. The van der Waals surface area contributed by atoms with Gasteiger partial charge in [0.05, 0.1) is 10.7 Å². The first kappa shape index (κ1) is 15.5. The summed E-state index contributed by atoms with van der Waals surface area (Å²) in [7, 11) is 0. The Balaban J connectivity index is 2.05. The molecule has 0 aliphatic heterocycles. The molecule has 0 spiro atoms. The molecule has 102 valence electrons. The molecule has 1 rings (SSSR count). The van der Waals surface area contributed by atoms with Crippen LogP contribution in [0.4, 0.5) is 0 Å². The highest BCUT2D eigenvalue weighted by molar-refractivity contribution is 7.98. The first-order valence-corrected chi connectivity index (χ1v) is 8.01. The molecule has 1 heterocycles. The van der Waals surface area contributed by atoms with Crippen LogP contribution in [0.25, 0.3) is 0 Å². The van der Waals surface area contributed by atoms with E-state index in [-0.39, 0.29) is 18.4 Å². The second kappa shape index (κ2) is 8.50. The molecule has 1 atom stereocenters. The van der Waals surface area contributed by atoms with Crippen molar-refractivity contribution >= 4 is 29.0 Å². The number of thioether (sulfide) groups is 1. The van der Waals surface area contributed by atoms with E-state index in [0.717, 1.165) is 22.2 Å². The van der Waals surface area contributed by atoms with Crippen LogP contribution in [0.1, 0.15) is 24.0 Å². The molecule has 0 saturated heterocycles. The summed E-state index contributed by atoms with van der Waals surface area (Å²) in [6.07, 6.45) is 0.520. The molecule has 18 heavy (non-hydrogen) atoms. The van der Waals surface area contributed by atoms with Crippen LogP contribution in [0.15, 0.2) is 5.38 Å². The van der Waals surface area contributed by atoms with Crippen molar-refractivity contribution in [3.05, 3.63) is 16.1 Å². The molecule has 0 aliphatic rings. The van der Waals surface area contributed by atoms with Gasteiger partial charge in [-0.3, -0.25) is 4.79 Å². The molecule has 4 nitrogen and oxygen atoms in total. The van der Waals surface area contributed by atoms with Crippen LogP contribution in [0.3, 0.4) is 0 Å². The van der Waals surface area contributed by atoms with Crippen molar-refractivity contribution in [3.8, 4) is 0 Å². The number of aliphatic hydroxyl groups excluding tert-OH is 1. The maximum absolute atomic E-state index is 11.5. The lowest BCUT2D eigenvalue weighted by atomic mass is 10.2. The van der Waals surface area contributed by atoms with Crippen LogP contribution < -0.4 is 5.32 Å². The van der Waals surface area contributed by atoms with E-state index in [1.165, 1.54) is 0 Å². The Morgan fingerprint density at radius 3 is 3.06 bits per heavy atom. The zero-order valence-electron chi connectivity index (χ0n) is 10.8. The van der Waals surface area contributed by atoms with Crippen LogP contribution in [0.2, 0.25) is 0 Å². The molecular formula is C12H20N2O2S2. The van der Waals surface area contributed by atoms with Gasteiger partial charge in [-0.15, -0.1) is 11.3 Å². The Morgan fingerprint density at radius 1 is 1.67 bits per heavy atom. The van der Waals surface area contributed by atoms with Gasteiger partial charge >= 0.3 is 0 Å². The molecule has 0 aromatic carbocycles. The Hall–Kier alpha value is -0.590. The fourth-order valence-corrected chi connectivity index (χ4v) is 2.81. The van der Waals surface area contributed by atoms with Crippen molar-refractivity contribution in [2.75, 3.05) is 18.9 Å². The summed E-state index contributed by atoms with van der Waals surface area (Å²) < 4.78 is 0. The summed E-state index contributed by atoms with van der Waals surface area (Å²) in [5.74, 6) is 1.84. The molecular weight excluding hydrogens is 268 g/mol. The summed E-state index contributed by atoms with van der Waals surface area (Å²) in [6.45, 7) is 4.55. The van der Waals surface area contributed by atoms with Gasteiger partial charge in [0.15, 0.2) is 0 Å². The monoisotopic (exact) mass is 288 g/mol. The van der Waals surface area contributed by atoms with Gasteiger partial charge in [0, 0.05) is 36.5 Å². The summed E-state index contributed by atoms with van der Waals surface area (Å²) in [6, 6.07) is 0. The molecule has 1 aromatic heterocycles. The van der Waals surface area contributed by atoms with E-state index in [9.17, 15) is 4.79 Å². The summed E-state index contributed by atoms with van der Waals surface area (Å²) in [5.41, 5.74) is 1.09. The highest BCUT2D eigenvalue weighted by Crippen LogP contribution is 2.15. The van der Waals surface area contributed by atoms with Crippen LogP contribution in [0.5, 0.6) is 0 Å². The van der Waals surface area contributed by atoms with Gasteiger partial charge in [-0.2, -0.15) is 11.8 Å². The molecule has 0 radical (unpaired) electrons. The van der Waals surface area contributed by atoms with E-state index < -0.39 is 0 Å². The quantitative estimate of drug-likeness (QED) is 0.716. The predicted molar refractivity (Wildman–Crippen MR) is 76.9 cm³/mol. The number of aromatic nitrogens is 1. The van der Waals surface area contributed by atoms with Gasteiger partial charge in [0.1, 0.15) is 0 Å². The molecule has 0 fully saturated rings. The molecule has 6 heteroatoms. The molecule has 0 bridgehead atoms. The number of rotatable bonds is 8. The molecule has 1 aromatic rings. The number of aliphatic hydroxyl groups is 1. The first-order valence-electron chi connectivity index (χ1n) is 5.98. The van der Waals surface area contributed by atoms with Crippen LogP contribution >= 0.6 is 23.1 Å². The maximum Gasteiger partial charge on any atom is 0.220 e. The van der Waals surface area contributed by atoms with Crippen molar-refractivity contribution in [3.63, 3.8) is 0 Å². The van der Waals surface area contributed by atoms with E-state index in [2.05, 4.69) is 15.7 Å². The fraction of sp³-hybridized carbons (Fsp3) is 0.667. The average molecular weight is 288 g/mol. The second-order valence-corrected chi connectivity index (χ2v) is 6.42. The highest BCUT2D eigenvalue weighted by atomic mass is 32.2. The smallest absolute Gasteiger partial charge is 0.220 e. The lowest BCUT2D eigenvalue weighted by Gasteiger charge is -2.09. The third-order valence-corrected chi connectivity index (χ3v) is 4.16. The topological polar surface area (TPSA) is 62.2 Å². The molecule has 1 amide bonds. The molecule has 1 unspecified atom stereocenters. The largest absolute Gasteiger partial charge is 0.396 e. The Labute approximate surface area is 116 Å². The first-order chi connectivity index (χ1) is 8.61. The lowest BCUT2D eigenvalue weighted by Crippen LogP contribution is -2.29. The van der Waals surface area contributed by atoms with Gasteiger partial charge in [-0.25, -0.2) is 4.98 Å². The summed E-state index contributed by atoms with van der Waals surface area (Å²) in [4.78, 5) is 15.8. The third kappa shape index (κ3) is 6.37. The van der Waals surface area contributed by atoms with Crippen molar-refractivity contribution in [1.29, 1.82) is 0 Å². The minimum absolute atomic E-state index is 0.0530. The van der Waals surface area contributed by atoms with E-state index in [1.807, 2.05) is 13.8 Å². The van der Waals surface area contributed by atoms with Crippen LogP contribution in [-0.2, 0) is 10.5 Å². The van der Waals surface area contributed by atoms with Crippen molar-refractivity contribution < 1.29 is 9.90 Å². The van der Waals surface area contributed by atoms with Gasteiger partial charge in [-0.1, -0.05) is 6.92 Å². The highest BCUT2D eigenvalue weighted by Gasteiger charge is 2.05. The second-order valence-electron chi connectivity index (χ2n) is 4.25. The maximum atomic E-state index is 11.5. The zero-order chi connectivity index (χ0) is 13.4. The van der Waals surface area contributed by atoms with E-state index in [4.69, 9.17) is 5.11 Å². The van der Waals surface area contributed by atoms with Gasteiger partial charge in [0.25, 0.3) is 0 Å². The van der Waals surface area contributed by atoms with Crippen LogP contribution in [0, 0.1) is 12.8 Å². The molecule has 0 saturated carbocycles. The standard InChI is InChI=1S/C12H20N2O2S2/c1-9(6-15)5-13-12(16)3-4-17-7-11-8-18-10(2)14-11/h8-9,15H,3-7H2,1-2H3,(H,13,16). The number of carbonyl (C=O) groups excluding carboxylic acids is 1. The van der Waals surface area contributed by atoms with Crippen molar-refractivity contribution in [2.45, 2.75) is 26.0 Å². The SMILES string of the molecule is Cc1nc(CSCCC(=O)NCC(C)CO)cs1. The fourth-order valence-electron chi connectivity index (χ4n) is 1.26. The van der Waals surface area contributed by atoms with E-state index in [0.29, 0.717) is 13.0 Å². The van der Waals surface area contributed by atoms with E-state index >= 15 is 0 Å². The zero-order valence-corrected chi connectivity index (χ0v) is 12.4. The van der Waals surface area contributed by atoms with Crippen molar-refractivity contribution in [2.24, 2.45) is 5.92 Å². The lowest BCUT2D eigenvalue weighted by molar-refractivity contribution is -0.120. The number of nitrogens with one attached hydrogen (secondary N) is 1. The van der Waals surface area contributed by atoms with Gasteiger partial charge < -0.3 is 10.4 Å². The summed E-state index contributed by atoms with van der Waals surface area (Å²) in [5, 5.41) is 14.8. The normalized spacial score (nSPS) is 12.4. The number of thiazole rings is 1. The Morgan fingerprint density at radius 2 is 2.44 bits per heavy atom. The van der Waals surface area contributed by atoms with E-state index in [1.54, 1.807) is 23.1 Å². The van der Waals surface area contributed by atoms with Gasteiger partial charge in [-0.05, 0) is 12.8 Å². The number of nitrogens with zero attached hydrogens (tertiary/aromatic N) is 1. The predicted octanol–water partition coefficient (Wildman–Crippen LogP) is 1.82. The number of hydrogen-bond donors (Lipinski definition) is 2. The summed E-state index contributed by atoms with van der Waals surface area (Å²) >= 11 is 3.38. The average Bonchev–Trinajstić information content (AvgIpc) is 2.77. The Kier molecular flexibility index (Phi) is 7.31. The minimum atomic E-state index is 0.0530. The van der Waals surface area contributed by atoms with Crippen LogP contribution in [-0.4, -0.2) is 34.9 Å². The number of aryl methyl sites for hydroxylation is 1. The number of amides is 1. The third-order valence-electron chi connectivity index (χ3n) is 2.35. The molecule has 2 N–H and O–H groups in total. The number of carbonyl (C=O) groups is 1.